The number of hydrogen-bond acceptors (Lipinski definition) is 4. The second kappa shape index (κ2) is 10.7. The molecule has 2 saturated heterocycles. The lowest BCUT2D eigenvalue weighted by atomic mass is 10.1. The minimum atomic E-state index is 0.0703. The first kappa shape index (κ1) is 20.9. The molecule has 2 amide bonds. The van der Waals surface area contributed by atoms with E-state index in [9.17, 15) is 9.59 Å². The Morgan fingerprint density at radius 2 is 1.75 bits per heavy atom. The van der Waals surface area contributed by atoms with Gasteiger partial charge in [0.15, 0.2) is 0 Å². The first-order valence-electron chi connectivity index (χ1n) is 10.3. The number of halogens is 1. The molecule has 0 N–H and O–H groups in total. The first-order chi connectivity index (χ1) is 13.6. The highest BCUT2D eigenvalue weighted by atomic mass is 35.5. The Kier molecular flexibility index (Phi) is 7.98. The predicted octanol–water partition coefficient (Wildman–Crippen LogP) is 2.66. The number of piperazine rings is 1. The molecular formula is C21H30ClN3O3. The molecule has 3 rings (SSSR count). The van der Waals surface area contributed by atoms with Gasteiger partial charge in [0.25, 0.3) is 0 Å². The molecule has 0 spiro atoms. The molecule has 28 heavy (non-hydrogen) atoms. The molecule has 0 bridgehead atoms. The Labute approximate surface area is 172 Å². The van der Waals surface area contributed by atoms with E-state index in [-0.39, 0.29) is 18.4 Å². The van der Waals surface area contributed by atoms with Gasteiger partial charge in [-0.2, -0.15) is 0 Å². The number of para-hydroxylation sites is 1. The largest absolute Gasteiger partial charge is 0.491 e. The lowest BCUT2D eigenvalue weighted by molar-refractivity contribution is -0.142. The van der Waals surface area contributed by atoms with Crippen molar-refractivity contribution in [3.05, 3.63) is 29.3 Å². The van der Waals surface area contributed by atoms with Crippen LogP contribution in [0.1, 0.15) is 32.1 Å². The third kappa shape index (κ3) is 6.11. The summed E-state index contributed by atoms with van der Waals surface area (Å²) in [5.74, 6) is 0.903. The molecule has 6 nitrogen and oxygen atoms in total. The van der Waals surface area contributed by atoms with Gasteiger partial charge in [-0.25, -0.2) is 0 Å². The van der Waals surface area contributed by atoms with Gasteiger partial charge in [-0.3, -0.25) is 14.5 Å². The van der Waals surface area contributed by atoms with Crippen molar-refractivity contribution in [1.82, 2.24) is 14.7 Å². The fourth-order valence-electron chi connectivity index (χ4n) is 3.71. The molecule has 2 fully saturated rings. The number of amides is 2. The van der Waals surface area contributed by atoms with Gasteiger partial charge in [0, 0.05) is 45.7 Å². The molecule has 1 aromatic carbocycles. The number of carbonyl (C=O) groups excluding carboxylic acids is 2. The van der Waals surface area contributed by atoms with Gasteiger partial charge in [0.05, 0.1) is 11.6 Å². The Bertz CT molecular complexity index is 662. The van der Waals surface area contributed by atoms with Gasteiger partial charge in [-0.15, -0.1) is 0 Å². The summed E-state index contributed by atoms with van der Waals surface area (Å²) in [5, 5.41) is 0.622. The third-order valence-corrected chi connectivity index (χ3v) is 5.79. The fraction of sp³-hybridized carbons (Fsp3) is 0.619. The van der Waals surface area contributed by atoms with E-state index in [1.165, 1.54) is 0 Å². The van der Waals surface area contributed by atoms with Crippen molar-refractivity contribution in [2.75, 3.05) is 52.4 Å². The van der Waals surface area contributed by atoms with E-state index in [1.54, 1.807) is 4.90 Å². The van der Waals surface area contributed by atoms with E-state index in [0.717, 1.165) is 45.3 Å². The highest BCUT2D eigenvalue weighted by molar-refractivity contribution is 6.32. The lowest BCUT2D eigenvalue weighted by Crippen LogP contribution is -2.52. The number of likely N-dealkylation sites (tertiary alicyclic amines) is 1. The molecule has 0 aliphatic carbocycles. The maximum absolute atomic E-state index is 12.6. The van der Waals surface area contributed by atoms with Crippen molar-refractivity contribution >= 4 is 23.4 Å². The van der Waals surface area contributed by atoms with Crippen molar-refractivity contribution < 1.29 is 14.3 Å². The standard InChI is InChI=1S/C21H30ClN3O3/c22-18-7-4-5-8-19(18)28-16-15-23-11-13-24(14-12-23)21(27)17-25-10-6-2-1-3-9-20(25)26/h4-5,7-8H,1-3,6,9-17H2. The molecule has 0 radical (unpaired) electrons. The molecule has 0 saturated carbocycles. The molecule has 0 aromatic heterocycles. The van der Waals surface area contributed by atoms with E-state index < -0.39 is 0 Å². The van der Waals surface area contributed by atoms with E-state index in [1.807, 2.05) is 29.2 Å². The van der Waals surface area contributed by atoms with Crippen LogP contribution < -0.4 is 4.74 Å². The van der Waals surface area contributed by atoms with Crippen LogP contribution in [0.5, 0.6) is 5.75 Å². The molecule has 2 heterocycles. The molecule has 154 valence electrons. The number of ether oxygens (including phenoxy) is 1. The Balaban J connectivity index is 1.37. The van der Waals surface area contributed by atoms with Gasteiger partial charge in [-0.1, -0.05) is 36.6 Å². The lowest BCUT2D eigenvalue weighted by Gasteiger charge is -2.36. The van der Waals surface area contributed by atoms with Gasteiger partial charge in [0.1, 0.15) is 12.4 Å². The zero-order chi connectivity index (χ0) is 19.8. The van der Waals surface area contributed by atoms with Crippen molar-refractivity contribution in [2.24, 2.45) is 0 Å². The smallest absolute Gasteiger partial charge is 0.242 e. The maximum atomic E-state index is 12.6. The summed E-state index contributed by atoms with van der Waals surface area (Å²) in [6.45, 7) is 5.37. The van der Waals surface area contributed by atoms with Crippen LogP contribution in [0.2, 0.25) is 5.02 Å². The number of carbonyl (C=O) groups is 2. The normalized spacial score (nSPS) is 19.2. The molecule has 0 unspecified atom stereocenters. The summed E-state index contributed by atoms with van der Waals surface area (Å²) in [6.07, 6.45) is 4.78. The second-order valence-electron chi connectivity index (χ2n) is 7.48. The van der Waals surface area contributed by atoms with E-state index in [0.29, 0.717) is 43.4 Å². The number of benzene rings is 1. The number of hydrogen-bond donors (Lipinski definition) is 0. The molecular weight excluding hydrogens is 378 g/mol. The van der Waals surface area contributed by atoms with Crippen LogP contribution in [-0.4, -0.2) is 78.9 Å². The summed E-state index contributed by atoms with van der Waals surface area (Å²) < 4.78 is 5.75. The van der Waals surface area contributed by atoms with Gasteiger partial charge in [-0.05, 0) is 25.0 Å². The quantitative estimate of drug-likeness (QED) is 0.727. The zero-order valence-electron chi connectivity index (χ0n) is 16.4. The Morgan fingerprint density at radius 1 is 1.00 bits per heavy atom. The highest BCUT2D eigenvalue weighted by Crippen LogP contribution is 2.23. The predicted molar refractivity (Wildman–Crippen MR) is 110 cm³/mol. The average Bonchev–Trinajstić information content (AvgIpc) is 2.69. The minimum absolute atomic E-state index is 0.0703. The van der Waals surface area contributed by atoms with Gasteiger partial charge < -0.3 is 14.5 Å². The van der Waals surface area contributed by atoms with E-state index >= 15 is 0 Å². The van der Waals surface area contributed by atoms with Crippen LogP contribution in [0.3, 0.4) is 0 Å². The number of rotatable bonds is 6. The van der Waals surface area contributed by atoms with Gasteiger partial charge >= 0.3 is 0 Å². The second-order valence-corrected chi connectivity index (χ2v) is 7.89. The van der Waals surface area contributed by atoms with E-state index in [4.69, 9.17) is 16.3 Å². The number of nitrogens with zero attached hydrogens (tertiary/aromatic N) is 3. The van der Waals surface area contributed by atoms with Crippen molar-refractivity contribution in [1.29, 1.82) is 0 Å². The Hall–Kier alpha value is -1.79. The maximum Gasteiger partial charge on any atom is 0.242 e. The fourth-order valence-corrected chi connectivity index (χ4v) is 3.90. The third-order valence-electron chi connectivity index (χ3n) is 5.47. The summed E-state index contributed by atoms with van der Waals surface area (Å²) >= 11 is 6.10. The van der Waals surface area contributed by atoms with E-state index in [2.05, 4.69) is 4.90 Å². The van der Waals surface area contributed by atoms with Crippen LogP contribution in [0.25, 0.3) is 0 Å². The average molecular weight is 408 g/mol. The summed E-state index contributed by atoms with van der Waals surface area (Å²) in [6, 6.07) is 7.47. The topological polar surface area (TPSA) is 53.1 Å². The van der Waals surface area contributed by atoms with Gasteiger partial charge in [0.2, 0.25) is 11.8 Å². The summed E-state index contributed by atoms with van der Waals surface area (Å²) in [4.78, 5) is 30.8. The molecule has 2 aliphatic heterocycles. The Morgan fingerprint density at radius 3 is 2.54 bits per heavy atom. The van der Waals surface area contributed by atoms with Crippen LogP contribution in [0, 0.1) is 0 Å². The van der Waals surface area contributed by atoms with Crippen molar-refractivity contribution in [3.63, 3.8) is 0 Å². The SMILES string of the molecule is O=C(CN1CCCCCCC1=O)N1CCN(CCOc2ccccc2Cl)CC1. The monoisotopic (exact) mass is 407 g/mol. The van der Waals surface area contributed by atoms with Crippen LogP contribution in [0.15, 0.2) is 24.3 Å². The van der Waals surface area contributed by atoms with Crippen molar-refractivity contribution in [2.45, 2.75) is 32.1 Å². The molecule has 2 aliphatic rings. The highest BCUT2D eigenvalue weighted by Gasteiger charge is 2.25. The summed E-state index contributed by atoms with van der Waals surface area (Å²) in [5.41, 5.74) is 0. The first-order valence-corrected chi connectivity index (χ1v) is 10.7. The minimum Gasteiger partial charge on any atom is -0.491 e. The van der Waals surface area contributed by atoms with Crippen LogP contribution >= 0.6 is 11.6 Å². The molecule has 1 aromatic rings. The van der Waals surface area contributed by atoms with Crippen LogP contribution in [-0.2, 0) is 9.59 Å². The molecule has 7 heteroatoms. The molecule has 0 atom stereocenters. The summed E-state index contributed by atoms with van der Waals surface area (Å²) in [7, 11) is 0. The van der Waals surface area contributed by atoms with Crippen LogP contribution in [0.4, 0.5) is 0 Å². The van der Waals surface area contributed by atoms with Crippen molar-refractivity contribution in [3.8, 4) is 5.75 Å². The zero-order valence-corrected chi connectivity index (χ0v) is 17.2.